The first kappa shape index (κ1) is 9.84. The molecule has 1 aromatic carbocycles. The van der Waals surface area contributed by atoms with Gasteiger partial charge in [0.15, 0.2) is 0 Å². The zero-order valence-electron chi connectivity index (χ0n) is 9.44. The van der Waals surface area contributed by atoms with Crippen LogP contribution in [0.15, 0.2) is 42.7 Å². The first-order valence-corrected chi connectivity index (χ1v) is 5.10. The van der Waals surface area contributed by atoms with Crippen molar-refractivity contribution in [3.05, 3.63) is 48.3 Å². The van der Waals surface area contributed by atoms with Crippen LogP contribution in [0.2, 0.25) is 0 Å². The van der Waals surface area contributed by atoms with Gasteiger partial charge in [-0.1, -0.05) is 6.07 Å². The highest BCUT2D eigenvalue weighted by molar-refractivity contribution is 5.57. The predicted molar refractivity (Wildman–Crippen MR) is 64.8 cm³/mol. The van der Waals surface area contributed by atoms with Gasteiger partial charge >= 0.3 is 0 Å². The second kappa shape index (κ2) is 3.81. The van der Waals surface area contributed by atoms with Gasteiger partial charge in [-0.3, -0.25) is 0 Å². The molecule has 0 saturated heterocycles. The minimum absolute atomic E-state index is 1.20. The van der Waals surface area contributed by atoms with E-state index in [1.54, 1.807) is 0 Å². The lowest BCUT2D eigenvalue weighted by atomic mass is 10.1. The maximum atomic E-state index is 2.20. The molecule has 0 amide bonds. The van der Waals surface area contributed by atoms with Crippen molar-refractivity contribution in [1.29, 1.82) is 0 Å². The van der Waals surface area contributed by atoms with Crippen molar-refractivity contribution in [3.8, 4) is 5.69 Å². The number of aromatic nitrogens is 1. The highest BCUT2D eigenvalue weighted by Crippen LogP contribution is 2.21. The standard InChI is InChI=1S/C13H16N2/c1-11-6-7-12(10-13(11)14(2)3)15-8-4-5-9-15/h4-10H,1-3H3. The van der Waals surface area contributed by atoms with Gasteiger partial charge in [0.2, 0.25) is 0 Å². The van der Waals surface area contributed by atoms with E-state index in [0.717, 1.165) is 0 Å². The lowest BCUT2D eigenvalue weighted by Crippen LogP contribution is -2.10. The molecule has 78 valence electrons. The molecule has 2 nitrogen and oxygen atoms in total. The van der Waals surface area contributed by atoms with Gasteiger partial charge in [-0.2, -0.15) is 0 Å². The van der Waals surface area contributed by atoms with Crippen LogP contribution in [0.1, 0.15) is 5.56 Å². The van der Waals surface area contributed by atoms with Gasteiger partial charge in [-0.25, -0.2) is 0 Å². The van der Waals surface area contributed by atoms with Crippen LogP contribution in [0.3, 0.4) is 0 Å². The van der Waals surface area contributed by atoms with Gasteiger partial charge in [-0.15, -0.1) is 0 Å². The van der Waals surface area contributed by atoms with Crippen molar-refractivity contribution in [1.82, 2.24) is 4.57 Å². The van der Waals surface area contributed by atoms with Gasteiger partial charge < -0.3 is 9.47 Å². The Bertz CT molecular complexity index is 442. The third-order valence-electron chi connectivity index (χ3n) is 2.58. The molecule has 15 heavy (non-hydrogen) atoms. The molecule has 2 aromatic rings. The van der Waals surface area contributed by atoms with Crippen molar-refractivity contribution in [3.63, 3.8) is 0 Å². The fraction of sp³-hybridized carbons (Fsp3) is 0.231. The van der Waals surface area contributed by atoms with Crippen LogP contribution in [0.5, 0.6) is 0 Å². The third kappa shape index (κ3) is 1.89. The van der Waals surface area contributed by atoms with Gasteiger partial charge in [0.05, 0.1) is 0 Å². The fourth-order valence-electron chi connectivity index (χ4n) is 1.75. The number of anilines is 1. The minimum atomic E-state index is 1.20. The highest BCUT2D eigenvalue weighted by atomic mass is 15.1. The van der Waals surface area contributed by atoms with Crippen LogP contribution in [-0.4, -0.2) is 18.7 Å². The summed E-state index contributed by atoms with van der Waals surface area (Å²) >= 11 is 0. The van der Waals surface area contributed by atoms with Crippen molar-refractivity contribution >= 4 is 5.69 Å². The van der Waals surface area contributed by atoms with E-state index in [9.17, 15) is 0 Å². The van der Waals surface area contributed by atoms with Crippen LogP contribution >= 0.6 is 0 Å². The summed E-state index contributed by atoms with van der Waals surface area (Å²) in [5, 5.41) is 0. The molecule has 1 aromatic heterocycles. The number of benzene rings is 1. The topological polar surface area (TPSA) is 8.17 Å². The maximum absolute atomic E-state index is 2.20. The molecule has 0 spiro atoms. The van der Waals surface area contributed by atoms with Crippen molar-refractivity contribution < 1.29 is 0 Å². The van der Waals surface area contributed by atoms with Gasteiger partial charge in [0.1, 0.15) is 0 Å². The van der Waals surface area contributed by atoms with E-state index < -0.39 is 0 Å². The predicted octanol–water partition coefficient (Wildman–Crippen LogP) is 2.85. The van der Waals surface area contributed by atoms with Crippen molar-refractivity contribution in [2.24, 2.45) is 0 Å². The molecule has 2 rings (SSSR count). The SMILES string of the molecule is Cc1ccc(-n2cccc2)cc1N(C)C. The number of rotatable bonds is 2. The van der Waals surface area contributed by atoms with Crippen LogP contribution in [0.25, 0.3) is 5.69 Å². The number of hydrogen-bond donors (Lipinski definition) is 0. The summed E-state index contributed by atoms with van der Waals surface area (Å²) in [6.07, 6.45) is 4.12. The van der Waals surface area contributed by atoms with Crippen LogP contribution in [0.4, 0.5) is 5.69 Å². The maximum Gasteiger partial charge on any atom is 0.0470 e. The monoisotopic (exact) mass is 200 g/mol. The molecule has 0 aliphatic heterocycles. The lowest BCUT2D eigenvalue weighted by molar-refractivity contribution is 1.06. The number of hydrogen-bond acceptors (Lipinski definition) is 1. The second-order valence-electron chi connectivity index (χ2n) is 3.96. The minimum Gasteiger partial charge on any atom is -0.377 e. The molecule has 0 unspecified atom stereocenters. The Morgan fingerprint density at radius 2 is 1.73 bits per heavy atom. The molecular formula is C13H16N2. The Balaban J connectivity index is 2.48. The molecule has 0 fully saturated rings. The lowest BCUT2D eigenvalue weighted by Gasteiger charge is -2.17. The molecule has 0 bridgehead atoms. The average Bonchev–Trinajstić information content (AvgIpc) is 2.71. The number of nitrogens with zero attached hydrogens (tertiary/aromatic N) is 2. The molecule has 0 aliphatic carbocycles. The summed E-state index contributed by atoms with van der Waals surface area (Å²) in [5.74, 6) is 0. The van der Waals surface area contributed by atoms with Gasteiger partial charge in [0, 0.05) is 37.9 Å². The van der Waals surface area contributed by atoms with E-state index in [4.69, 9.17) is 0 Å². The quantitative estimate of drug-likeness (QED) is 0.723. The van der Waals surface area contributed by atoms with Crippen LogP contribution < -0.4 is 4.90 Å². The summed E-state index contributed by atoms with van der Waals surface area (Å²) in [6, 6.07) is 10.6. The molecule has 2 heteroatoms. The van der Waals surface area contributed by atoms with Crippen molar-refractivity contribution in [2.75, 3.05) is 19.0 Å². The highest BCUT2D eigenvalue weighted by Gasteiger charge is 2.02. The Labute approximate surface area is 90.8 Å². The first-order chi connectivity index (χ1) is 7.18. The average molecular weight is 200 g/mol. The molecule has 0 N–H and O–H groups in total. The molecular weight excluding hydrogens is 184 g/mol. The van der Waals surface area contributed by atoms with E-state index in [2.05, 4.69) is 61.1 Å². The molecule has 0 aliphatic rings. The smallest absolute Gasteiger partial charge is 0.0470 e. The molecule has 0 radical (unpaired) electrons. The zero-order valence-corrected chi connectivity index (χ0v) is 9.44. The number of aryl methyl sites for hydroxylation is 1. The van der Waals surface area contributed by atoms with E-state index in [1.807, 2.05) is 12.1 Å². The fourth-order valence-corrected chi connectivity index (χ4v) is 1.75. The van der Waals surface area contributed by atoms with Crippen LogP contribution in [0, 0.1) is 6.92 Å². The summed E-state index contributed by atoms with van der Waals surface area (Å²) in [7, 11) is 4.14. The van der Waals surface area contributed by atoms with E-state index >= 15 is 0 Å². The Hall–Kier alpha value is -1.70. The van der Waals surface area contributed by atoms with Gasteiger partial charge in [-0.05, 0) is 36.8 Å². The van der Waals surface area contributed by atoms with E-state index in [0.29, 0.717) is 0 Å². The van der Waals surface area contributed by atoms with E-state index in [-0.39, 0.29) is 0 Å². The Kier molecular flexibility index (Phi) is 2.50. The molecule has 0 saturated carbocycles. The summed E-state index contributed by atoms with van der Waals surface area (Å²) < 4.78 is 2.12. The summed E-state index contributed by atoms with van der Waals surface area (Å²) in [5.41, 5.74) is 3.77. The normalized spacial score (nSPS) is 10.3. The first-order valence-electron chi connectivity index (χ1n) is 5.10. The molecule has 0 atom stereocenters. The molecule has 1 heterocycles. The van der Waals surface area contributed by atoms with Gasteiger partial charge in [0.25, 0.3) is 0 Å². The van der Waals surface area contributed by atoms with E-state index in [1.165, 1.54) is 16.9 Å². The summed E-state index contributed by atoms with van der Waals surface area (Å²) in [6.45, 7) is 2.13. The third-order valence-corrected chi connectivity index (χ3v) is 2.58. The largest absolute Gasteiger partial charge is 0.377 e. The Morgan fingerprint density at radius 3 is 2.33 bits per heavy atom. The van der Waals surface area contributed by atoms with Crippen molar-refractivity contribution in [2.45, 2.75) is 6.92 Å². The zero-order chi connectivity index (χ0) is 10.8. The Morgan fingerprint density at radius 1 is 1.07 bits per heavy atom. The second-order valence-corrected chi connectivity index (χ2v) is 3.96. The summed E-state index contributed by atoms with van der Waals surface area (Å²) in [4.78, 5) is 2.14. The van der Waals surface area contributed by atoms with Crippen LogP contribution in [-0.2, 0) is 0 Å².